The van der Waals surface area contributed by atoms with Crippen molar-refractivity contribution in [2.24, 2.45) is 0 Å². The van der Waals surface area contributed by atoms with Gasteiger partial charge in [-0.2, -0.15) is 5.26 Å². The molecule has 2 amide bonds. The van der Waals surface area contributed by atoms with Crippen LogP contribution in [-0.2, 0) is 14.3 Å². The summed E-state index contributed by atoms with van der Waals surface area (Å²) in [4.78, 5) is 35.3. The van der Waals surface area contributed by atoms with Crippen molar-refractivity contribution in [2.75, 3.05) is 18.5 Å². The average molecular weight is 351 g/mol. The van der Waals surface area contributed by atoms with Gasteiger partial charge in [0.1, 0.15) is 6.54 Å². The third-order valence-electron chi connectivity index (χ3n) is 3.35. The lowest BCUT2D eigenvalue weighted by Gasteiger charge is -2.08. The fourth-order valence-corrected chi connectivity index (χ4v) is 2.02. The van der Waals surface area contributed by atoms with Gasteiger partial charge in [-0.25, -0.2) is 0 Å². The highest BCUT2D eigenvalue weighted by molar-refractivity contribution is 5.96. The Balaban J connectivity index is 1.74. The number of nitrogens with zero attached hydrogens (tertiary/aromatic N) is 1. The maximum absolute atomic E-state index is 11.9. The van der Waals surface area contributed by atoms with Crippen LogP contribution in [0.5, 0.6) is 0 Å². The van der Waals surface area contributed by atoms with E-state index in [1.54, 1.807) is 42.5 Å². The summed E-state index contributed by atoms with van der Waals surface area (Å²) in [6.07, 6.45) is 0. The maximum Gasteiger partial charge on any atom is 0.325 e. The summed E-state index contributed by atoms with van der Waals surface area (Å²) in [5, 5.41) is 13.7. The Morgan fingerprint density at radius 3 is 2.54 bits per heavy atom. The molecular weight excluding hydrogens is 334 g/mol. The molecule has 0 aliphatic rings. The summed E-state index contributed by atoms with van der Waals surface area (Å²) >= 11 is 0. The van der Waals surface area contributed by atoms with Gasteiger partial charge in [0, 0.05) is 11.3 Å². The quantitative estimate of drug-likeness (QED) is 0.771. The second kappa shape index (κ2) is 8.99. The molecule has 0 aliphatic heterocycles. The van der Waals surface area contributed by atoms with E-state index in [1.165, 1.54) is 6.07 Å². The number of hydrogen-bond donors (Lipinski definition) is 2. The molecule has 0 atom stereocenters. The van der Waals surface area contributed by atoms with Crippen molar-refractivity contribution in [2.45, 2.75) is 6.92 Å². The Morgan fingerprint density at radius 2 is 1.85 bits per heavy atom. The number of carbonyl (C=O) groups excluding carboxylic acids is 3. The van der Waals surface area contributed by atoms with Gasteiger partial charge in [0.25, 0.3) is 11.8 Å². The van der Waals surface area contributed by atoms with Crippen LogP contribution in [0.15, 0.2) is 48.5 Å². The highest BCUT2D eigenvalue weighted by Gasteiger charge is 2.11. The summed E-state index contributed by atoms with van der Waals surface area (Å²) in [5.74, 6) is -1.68. The minimum absolute atomic E-state index is 0.343. The molecule has 2 rings (SSSR count). The van der Waals surface area contributed by atoms with E-state index in [-0.39, 0.29) is 6.54 Å². The highest BCUT2D eigenvalue weighted by atomic mass is 16.5. The molecule has 2 aromatic carbocycles. The number of hydrogen-bond acceptors (Lipinski definition) is 5. The van der Waals surface area contributed by atoms with Crippen LogP contribution < -0.4 is 10.6 Å². The lowest BCUT2D eigenvalue weighted by Crippen LogP contribution is -2.32. The Labute approximate surface area is 150 Å². The van der Waals surface area contributed by atoms with E-state index in [1.807, 2.05) is 13.0 Å². The van der Waals surface area contributed by atoms with E-state index in [4.69, 9.17) is 10.00 Å². The van der Waals surface area contributed by atoms with Crippen molar-refractivity contribution >= 4 is 23.5 Å². The fraction of sp³-hybridized carbons (Fsp3) is 0.158. The number of nitrogens with one attached hydrogen (secondary N) is 2. The number of nitriles is 1. The van der Waals surface area contributed by atoms with Gasteiger partial charge < -0.3 is 15.4 Å². The molecule has 0 unspecified atom stereocenters. The molecular formula is C19H17N3O4. The zero-order chi connectivity index (χ0) is 18.9. The smallest absolute Gasteiger partial charge is 0.325 e. The first-order valence-electron chi connectivity index (χ1n) is 7.78. The highest BCUT2D eigenvalue weighted by Crippen LogP contribution is 2.09. The van der Waals surface area contributed by atoms with E-state index in [0.29, 0.717) is 16.8 Å². The molecule has 0 saturated heterocycles. The van der Waals surface area contributed by atoms with Crippen LogP contribution in [0, 0.1) is 18.3 Å². The molecule has 2 aromatic rings. The number of rotatable bonds is 6. The fourth-order valence-electron chi connectivity index (χ4n) is 2.02. The zero-order valence-electron chi connectivity index (χ0n) is 14.1. The molecule has 26 heavy (non-hydrogen) atoms. The van der Waals surface area contributed by atoms with E-state index in [9.17, 15) is 14.4 Å². The number of anilines is 1. The zero-order valence-corrected chi connectivity index (χ0v) is 14.1. The molecule has 7 nitrogen and oxygen atoms in total. The SMILES string of the molecule is Cc1ccc(C(=O)NCC(=O)OCC(=O)Nc2cccc(C#N)c2)cc1. The second-order valence-corrected chi connectivity index (χ2v) is 5.45. The third kappa shape index (κ3) is 5.76. The number of amides is 2. The molecule has 0 bridgehead atoms. The molecule has 0 aromatic heterocycles. The van der Waals surface area contributed by atoms with Gasteiger partial charge in [0.2, 0.25) is 0 Å². The second-order valence-electron chi connectivity index (χ2n) is 5.45. The number of benzene rings is 2. The van der Waals surface area contributed by atoms with Crippen molar-refractivity contribution in [3.8, 4) is 6.07 Å². The lowest BCUT2D eigenvalue weighted by atomic mass is 10.1. The van der Waals surface area contributed by atoms with Gasteiger partial charge >= 0.3 is 5.97 Å². The summed E-state index contributed by atoms with van der Waals surface area (Å²) in [7, 11) is 0. The van der Waals surface area contributed by atoms with Gasteiger partial charge in [-0.3, -0.25) is 14.4 Å². The van der Waals surface area contributed by atoms with Crippen molar-refractivity contribution in [1.29, 1.82) is 5.26 Å². The molecule has 0 saturated carbocycles. The van der Waals surface area contributed by atoms with E-state index >= 15 is 0 Å². The predicted molar refractivity (Wildman–Crippen MR) is 94.3 cm³/mol. The Hall–Kier alpha value is -3.66. The Kier molecular flexibility index (Phi) is 6.46. The first-order chi connectivity index (χ1) is 12.5. The Bertz CT molecular complexity index is 854. The molecule has 2 N–H and O–H groups in total. The normalized spacial score (nSPS) is 9.69. The van der Waals surface area contributed by atoms with Gasteiger partial charge in [-0.15, -0.1) is 0 Å². The van der Waals surface area contributed by atoms with Crippen molar-refractivity contribution in [3.05, 3.63) is 65.2 Å². The minimum atomic E-state index is -0.730. The largest absolute Gasteiger partial charge is 0.454 e. The molecule has 132 valence electrons. The number of aryl methyl sites for hydroxylation is 1. The molecule has 0 fully saturated rings. The van der Waals surface area contributed by atoms with Crippen LogP contribution in [0.2, 0.25) is 0 Å². The first kappa shape index (κ1) is 18.7. The minimum Gasteiger partial charge on any atom is -0.454 e. The topological polar surface area (TPSA) is 108 Å². The van der Waals surface area contributed by atoms with Gasteiger partial charge in [-0.1, -0.05) is 23.8 Å². The third-order valence-corrected chi connectivity index (χ3v) is 3.35. The number of esters is 1. The predicted octanol–water partition coefficient (Wildman–Crippen LogP) is 1.78. The van der Waals surface area contributed by atoms with Crippen LogP contribution in [0.25, 0.3) is 0 Å². The standard InChI is InChI=1S/C19H17N3O4/c1-13-5-7-15(8-6-13)19(25)21-11-18(24)26-12-17(23)22-16-4-2-3-14(9-16)10-20/h2-9H,11-12H2,1H3,(H,21,25)(H,22,23). The summed E-state index contributed by atoms with van der Waals surface area (Å²) in [5.41, 5.74) is 2.28. The molecule has 0 aliphatic carbocycles. The average Bonchev–Trinajstić information content (AvgIpc) is 2.65. The molecule has 0 heterocycles. The monoisotopic (exact) mass is 351 g/mol. The van der Waals surface area contributed by atoms with Crippen LogP contribution in [0.3, 0.4) is 0 Å². The maximum atomic E-state index is 11.9. The lowest BCUT2D eigenvalue weighted by molar-refractivity contribution is -0.146. The summed E-state index contributed by atoms with van der Waals surface area (Å²) in [6, 6.07) is 15.2. The van der Waals surface area contributed by atoms with Gasteiger partial charge in [0.05, 0.1) is 11.6 Å². The van der Waals surface area contributed by atoms with E-state index in [2.05, 4.69) is 10.6 Å². The van der Waals surface area contributed by atoms with E-state index < -0.39 is 24.4 Å². The van der Waals surface area contributed by atoms with Crippen LogP contribution >= 0.6 is 0 Å². The van der Waals surface area contributed by atoms with Crippen molar-refractivity contribution in [1.82, 2.24) is 5.32 Å². The summed E-state index contributed by atoms with van der Waals surface area (Å²) in [6.45, 7) is 1.07. The van der Waals surface area contributed by atoms with Gasteiger partial charge in [-0.05, 0) is 37.3 Å². The van der Waals surface area contributed by atoms with Crippen molar-refractivity contribution in [3.63, 3.8) is 0 Å². The number of ether oxygens (including phenoxy) is 1. The molecule has 0 spiro atoms. The van der Waals surface area contributed by atoms with Crippen LogP contribution in [0.4, 0.5) is 5.69 Å². The molecule has 7 heteroatoms. The van der Waals surface area contributed by atoms with Gasteiger partial charge in [0.15, 0.2) is 6.61 Å². The number of carbonyl (C=O) groups is 3. The first-order valence-corrected chi connectivity index (χ1v) is 7.78. The van der Waals surface area contributed by atoms with Crippen LogP contribution in [-0.4, -0.2) is 30.9 Å². The molecule has 0 radical (unpaired) electrons. The summed E-state index contributed by atoms with van der Waals surface area (Å²) < 4.78 is 4.81. The van der Waals surface area contributed by atoms with Crippen molar-refractivity contribution < 1.29 is 19.1 Å². The Morgan fingerprint density at radius 1 is 1.12 bits per heavy atom. The van der Waals surface area contributed by atoms with E-state index in [0.717, 1.165) is 5.56 Å². The van der Waals surface area contributed by atoms with Crippen LogP contribution in [0.1, 0.15) is 21.5 Å².